The average molecular weight is 282 g/mol. The van der Waals surface area contributed by atoms with E-state index in [9.17, 15) is 0 Å². The minimum absolute atomic E-state index is 0.490. The van der Waals surface area contributed by atoms with Crippen LogP contribution in [0.4, 0.5) is 0 Å². The molecule has 0 amide bonds. The second-order valence-corrected chi connectivity index (χ2v) is 6.08. The lowest BCUT2D eigenvalue weighted by molar-refractivity contribution is 0.468. The van der Waals surface area contributed by atoms with E-state index in [0.717, 1.165) is 6.54 Å². The number of nitrogens with two attached hydrogens (primary N) is 1. The Bertz CT molecular complexity index is 340. The van der Waals surface area contributed by atoms with Gasteiger partial charge in [-0.3, -0.25) is 0 Å². The van der Waals surface area contributed by atoms with Crippen LogP contribution in [0.3, 0.4) is 0 Å². The van der Waals surface area contributed by atoms with Gasteiger partial charge < -0.3 is 5.73 Å². The number of hydrogen-bond donors (Lipinski definition) is 1. The fraction of sp³-hybridized carbons (Fsp3) is 0.571. The Morgan fingerprint density at radius 1 is 1.31 bits per heavy atom. The summed E-state index contributed by atoms with van der Waals surface area (Å²) in [5, 5.41) is 0. The van der Waals surface area contributed by atoms with Crippen molar-refractivity contribution >= 4 is 15.9 Å². The third-order valence-corrected chi connectivity index (χ3v) is 4.36. The molecule has 1 fully saturated rings. The minimum Gasteiger partial charge on any atom is -0.330 e. The smallest absolute Gasteiger partial charge is 0.0175 e. The van der Waals surface area contributed by atoms with Gasteiger partial charge in [0.15, 0.2) is 0 Å². The Labute approximate surface area is 107 Å². The van der Waals surface area contributed by atoms with E-state index >= 15 is 0 Å². The predicted octanol–water partition coefficient (Wildman–Crippen LogP) is 3.86. The average Bonchev–Trinajstić information content (AvgIpc) is 3.08. The van der Waals surface area contributed by atoms with E-state index in [1.807, 2.05) is 0 Å². The highest BCUT2D eigenvalue weighted by Gasteiger charge is 2.43. The van der Waals surface area contributed by atoms with Crippen LogP contribution >= 0.6 is 15.9 Å². The number of benzene rings is 1. The molecule has 1 aliphatic carbocycles. The summed E-state index contributed by atoms with van der Waals surface area (Å²) in [6.07, 6.45) is 5.26. The van der Waals surface area contributed by atoms with Crippen LogP contribution in [0.15, 0.2) is 28.7 Å². The van der Waals surface area contributed by atoms with E-state index in [-0.39, 0.29) is 0 Å². The molecule has 2 N–H and O–H groups in total. The molecule has 2 heteroatoms. The van der Waals surface area contributed by atoms with E-state index in [1.54, 1.807) is 0 Å². The molecule has 1 unspecified atom stereocenters. The number of halogens is 1. The van der Waals surface area contributed by atoms with Crippen molar-refractivity contribution in [1.82, 2.24) is 0 Å². The third-order valence-electron chi connectivity index (χ3n) is 3.83. The summed E-state index contributed by atoms with van der Waals surface area (Å²) in [7, 11) is 0. The van der Waals surface area contributed by atoms with Crippen molar-refractivity contribution in [2.24, 2.45) is 11.7 Å². The van der Waals surface area contributed by atoms with Crippen LogP contribution in [0.1, 0.15) is 38.2 Å². The van der Waals surface area contributed by atoms with Gasteiger partial charge in [0, 0.05) is 4.47 Å². The second-order valence-electron chi connectivity index (χ2n) is 5.17. The van der Waals surface area contributed by atoms with Crippen molar-refractivity contribution in [2.75, 3.05) is 6.54 Å². The van der Waals surface area contributed by atoms with E-state index in [1.165, 1.54) is 35.7 Å². The van der Waals surface area contributed by atoms with Gasteiger partial charge in [0.1, 0.15) is 0 Å². The largest absolute Gasteiger partial charge is 0.330 e. The van der Waals surface area contributed by atoms with Gasteiger partial charge in [-0.25, -0.2) is 0 Å². The first kappa shape index (κ1) is 12.1. The fourth-order valence-corrected chi connectivity index (χ4v) is 2.54. The van der Waals surface area contributed by atoms with Gasteiger partial charge in [-0.2, -0.15) is 0 Å². The van der Waals surface area contributed by atoms with Crippen LogP contribution in [-0.2, 0) is 5.41 Å². The van der Waals surface area contributed by atoms with Gasteiger partial charge in [0.25, 0.3) is 0 Å². The number of rotatable bonds is 5. The van der Waals surface area contributed by atoms with Crippen molar-refractivity contribution in [2.45, 2.75) is 38.0 Å². The van der Waals surface area contributed by atoms with Crippen molar-refractivity contribution in [1.29, 1.82) is 0 Å². The summed E-state index contributed by atoms with van der Waals surface area (Å²) in [4.78, 5) is 0. The number of hydrogen-bond acceptors (Lipinski definition) is 1. The molecule has 0 aromatic heterocycles. The van der Waals surface area contributed by atoms with Crippen LogP contribution in [-0.4, -0.2) is 6.54 Å². The maximum absolute atomic E-state index is 5.67. The first-order valence-corrected chi connectivity index (χ1v) is 6.92. The molecule has 1 aromatic carbocycles. The van der Waals surface area contributed by atoms with Crippen molar-refractivity contribution < 1.29 is 0 Å². The molecule has 1 aromatic rings. The van der Waals surface area contributed by atoms with E-state index in [0.29, 0.717) is 11.3 Å². The minimum atomic E-state index is 0.490. The zero-order valence-electron chi connectivity index (χ0n) is 9.88. The fourth-order valence-electron chi connectivity index (χ4n) is 2.28. The lowest BCUT2D eigenvalue weighted by Crippen LogP contribution is -2.14. The molecule has 0 heterocycles. The Morgan fingerprint density at radius 2 is 1.94 bits per heavy atom. The Morgan fingerprint density at radius 3 is 2.44 bits per heavy atom. The highest BCUT2D eigenvalue weighted by atomic mass is 79.9. The highest BCUT2D eigenvalue weighted by Crippen LogP contribution is 2.52. The second kappa shape index (κ2) is 4.89. The summed E-state index contributed by atoms with van der Waals surface area (Å²) in [5.74, 6) is 0.660. The molecule has 1 aliphatic rings. The third kappa shape index (κ3) is 2.67. The molecule has 1 atom stereocenters. The molecular weight excluding hydrogens is 262 g/mol. The van der Waals surface area contributed by atoms with Crippen molar-refractivity contribution in [3.8, 4) is 0 Å². The predicted molar refractivity (Wildman–Crippen MR) is 72.5 cm³/mol. The maximum Gasteiger partial charge on any atom is 0.0175 e. The normalized spacial score (nSPS) is 19.4. The lowest BCUT2D eigenvalue weighted by Gasteiger charge is -2.18. The Hall–Kier alpha value is -0.340. The van der Waals surface area contributed by atoms with Crippen LogP contribution in [0.25, 0.3) is 0 Å². The Kier molecular flexibility index (Phi) is 3.70. The van der Waals surface area contributed by atoms with Crippen LogP contribution in [0.2, 0.25) is 0 Å². The Balaban J connectivity index is 2.00. The summed E-state index contributed by atoms with van der Waals surface area (Å²) in [5.41, 5.74) is 7.68. The first-order valence-electron chi connectivity index (χ1n) is 6.12. The lowest BCUT2D eigenvalue weighted by atomic mass is 9.88. The van der Waals surface area contributed by atoms with Gasteiger partial charge in [0.2, 0.25) is 0 Å². The molecule has 16 heavy (non-hydrogen) atoms. The summed E-state index contributed by atoms with van der Waals surface area (Å²) < 4.78 is 1.17. The molecule has 0 saturated heterocycles. The standard InChI is InChI=1S/C14H20BrN/c1-11(10-16)6-7-14(8-9-14)12-2-4-13(15)5-3-12/h2-5,11H,6-10,16H2,1H3. The molecule has 0 aliphatic heterocycles. The van der Waals surface area contributed by atoms with E-state index in [4.69, 9.17) is 5.73 Å². The zero-order chi connectivity index (χ0) is 11.6. The SMILES string of the molecule is CC(CN)CCC1(c2ccc(Br)cc2)CC1. The van der Waals surface area contributed by atoms with E-state index < -0.39 is 0 Å². The van der Waals surface area contributed by atoms with Gasteiger partial charge in [-0.15, -0.1) is 0 Å². The maximum atomic E-state index is 5.67. The molecule has 1 saturated carbocycles. The first-order chi connectivity index (χ1) is 7.66. The molecule has 1 nitrogen and oxygen atoms in total. The topological polar surface area (TPSA) is 26.0 Å². The van der Waals surface area contributed by atoms with Crippen LogP contribution in [0.5, 0.6) is 0 Å². The van der Waals surface area contributed by atoms with E-state index in [2.05, 4.69) is 47.1 Å². The highest BCUT2D eigenvalue weighted by molar-refractivity contribution is 9.10. The summed E-state index contributed by atoms with van der Waals surface area (Å²) in [6.45, 7) is 3.06. The van der Waals surface area contributed by atoms with Crippen LogP contribution < -0.4 is 5.73 Å². The van der Waals surface area contributed by atoms with Crippen molar-refractivity contribution in [3.63, 3.8) is 0 Å². The summed E-state index contributed by atoms with van der Waals surface area (Å²) in [6, 6.07) is 8.85. The van der Waals surface area contributed by atoms with Gasteiger partial charge in [0.05, 0.1) is 0 Å². The molecule has 0 bridgehead atoms. The molecule has 2 rings (SSSR count). The monoisotopic (exact) mass is 281 g/mol. The van der Waals surface area contributed by atoms with Crippen LogP contribution in [0, 0.1) is 5.92 Å². The molecular formula is C14H20BrN. The molecule has 0 radical (unpaired) electrons. The zero-order valence-corrected chi connectivity index (χ0v) is 11.5. The van der Waals surface area contributed by atoms with Crippen molar-refractivity contribution in [3.05, 3.63) is 34.3 Å². The van der Waals surface area contributed by atoms with Gasteiger partial charge in [-0.05, 0) is 61.3 Å². The molecule has 88 valence electrons. The summed E-state index contributed by atoms with van der Waals surface area (Å²) >= 11 is 3.49. The molecule has 0 spiro atoms. The quantitative estimate of drug-likeness (QED) is 0.872. The van der Waals surface area contributed by atoms with Gasteiger partial charge >= 0.3 is 0 Å². The van der Waals surface area contributed by atoms with Gasteiger partial charge in [-0.1, -0.05) is 35.0 Å².